The van der Waals surface area contributed by atoms with E-state index in [0.29, 0.717) is 4.90 Å². The summed E-state index contributed by atoms with van der Waals surface area (Å²) in [5.74, 6) is -4.05. The maximum Gasteiger partial charge on any atom is 0.326 e. The van der Waals surface area contributed by atoms with E-state index < -0.39 is 36.2 Å². The second-order valence-electron chi connectivity index (χ2n) is 3.17. The molecule has 1 unspecified atom stereocenters. The lowest BCUT2D eigenvalue weighted by Crippen LogP contribution is -2.45. The molecule has 7 heteroatoms. The van der Waals surface area contributed by atoms with Crippen molar-refractivity contribution >= 4 is 23.8 Å². The van der Waals surface area contributed by atoms with Gasteiger partial charge in [0.05, 0.1) is 0 Å². The van der Waals surface area contributed by atoms with Crippen molar-refractivity contribution in [1.29, 1.82) is 0 Å². The van der Waals surface area contributed by atoms with Crippen molar-refractivity contribution in [2.45, 2.75) is 18.9 Å². The van der Waals surface area contributed by atoms with E-state index >= 15 is 0 Å². The van der Waals surface area contributed by atoms with Crippen LogP contribution in [0.5, 0.6) is 0 Å². The Labute approximate surface area is 90.0 Å². The molecular weight excluding hydrogens is 218 g/mol. The van der Waals surface area contributed by atoms with E-state index in [0.717, 1.165) is 12.2 Å². The summed E-state index contributed by atoms with van der Waals surface area (Å²) in [6.45, 7) is 0. The van der Waals surface area contributed by atoms with Gasteiger partial charge in [0.15, 0.2) is 0 Å². The standard InChI is InChI=1S/C9H9NO6/c11-6-2-3-7(12)10(6)5(9(15)16)1-4-8(13)14/h2-3,5H,1,4H2,(H,13,14)(H,15,16). The molecule has 0 bridgehead atoms. The van der Waals surface area contributed by atoms with Crippen LogP contribution in [0.2, 0.25) is 0 Å². The smallest absolute Gasteiger partial charge is 0.326 e. The Balaban J connectivity index is 2.78. The third-order valence-corrected chi connectivity index (χ3v) is 2.07. The van der Waals surface area contributed by atoms with E-state index in [1.165, 1.54) is 0 Å². The molecule has 16 heavy (non-hydrogen) atoms. The van der Waals surface area contributed by atoms with Crippen molar-refractivity contribution in [3.63, 3.8) is 0 Å². The lowest BCUT2D eigenvalue weighted by Gasteiger charge is -2.21. The number of nitrogens with zero attached hydrogens (tertiary/aromatic N) is 1. The topological polar surface area (TPSA) is 112 Å². The minimum absolute atomic E-state index is 0.302. The highest BCUT2D eigenvalue weighted by Crippen LogP contribution is 2.14. The molecule has 2 N–H and O–H groups in total. The average molecular weight is 227 g/mol. The normalized spacial score (nSPS) is 16.6. The Bertz CT molecular complexity index is 367. The first-order valence-corrected chi connectivity index (χ1v) is 4.43. The molecule has 0 spiro atoms. The van der Waals surface area contributed by atoms with Crippen LogP contribution in [-0.4, -0.2) is 44.9 Å². The van der Waals surface area contributed by atoms with Crippen LogP contribution >= 0.6 is 0 Å². The van der Waals surface area contributed by atoms with E-state index in [-0.39, 0.29) is 6.42 Å². The Kier molecular flexibility index (Phi) is 3.39. The van der Waals surface area contributed by atoms with Crippen LogP contribution in [0.1, 0.15) is 12.8 Å². The molecule has 0 saturated carbocycles. The minimum Gasteiger partial charge on any atom is -0.481 e. The quantitative estimate of drug-likeness (QED) is 0.596. The fraction of sp³-hybridized carbons (Fsp3) is 0.333. The van der Waals surface area contributed by atoms with E-state index in [2.05, 4.69) is 0 Å². The van der Waals surface area contributed by atoms with Crippen molar-refractivity contribution in [2.75, 3.05) is 0 Å². The zero-order valence-electron chi connectivity index (χ0n) is 8.12. The van der Waals surface area contributed by atoms with Crippen molar-refractivity contribution in [2.24, 2.45) is 0 Å². The number of rotatable bonds is 5. The first kappa shape index (κ1) is 11.9. The minimum atomic E-state index is -1.42. The molecule has 1 atom stereocenters. The van der Waals surface area contributed by atoms with Crippen LogP contribution in [-0.2, 0) is 19.2 Å². The van der Waals surface area contributed by atoms with Gasteiger partial charge in [0.1, 0.15) is 6.04 Å². The molecule has 7 nitrogen and oxygen atoms in total. The molecule has 0 aromatic rings. The summed E-state index contributed by atoms with van der Waals surface area (Å²) in [7, 11) is 0. The summed E-state index contributed by atoms with van der Waals surface area (Å²) >= 11 is 0. The molecule has 0 radical (unpaired) electrons. The van der Waals surface area contributed by atoms with Gasteiger partial charge in [-0.3, -0.25) is 19.3 Å². The second-order valence-corrected chi connectivity index (χ2v) is 3.17. The number of carbonyl (C=O) groups is 4. The predicted molar refractivity (Wildman–Crippen MR) is 49.3 cm³/mol. The van der Waals surface area contributed by atoms with Crippen LogP contribution in [0.25, 0.3) is 0 Å². The van der Waals surface area contributed by atoms with Crippen LogP contribution < -0.4 is 0 Å². The molecule has 0 aromatic heterocycles. The largest absolute Gasteiger partial charge is 0.481 e. The SMILES string of the molecule is O=C(O)CCC(C(=O)O)N1C(=O)C=CC1=O. The molecule has 0 fully saturated rings. The molecule has 0 aromatic carbocycles. The van der Waals surface area contributed by atoms with Crippen molar-refractivity contribution < 1.29 is 29.4 Å². The highest BCUT2D eigenvalue weighted by atomic mass is 16.4. The van der Waals surface area contributed by atoms with Gasteiger partial charge in [-0.2, -0.15) is 0 Å². The molecule has 1 aliphatic heterocycles. The highest BCUT2D eigenvalue weighted by Gasteiger charge is 2.35. The Morgan fingerprint density at radius 1 is 1.19 bits per heavy atom. The monoisotopic (exact) mass is 227 g/mol. The Morgan fingerprint density at radius 2 is 1.69 bits per heavy atom. The van der Waals surface area contributed by atoms with E-state index in [1.54, 1.807) is 0 Å². The maximum absolute atomic E-state index is 11.2. The number of carbonyl (C=O) groups excluding carboxylic acids is 2. The number of carboxylic acid groups (broad SMARTS) is 2. The van der Waals surface area contributed by atoms with Crippen LogP contribution in [0.15, 0.2) is 12.2 Å². The molecule has 1 heterocycles. The van der Waals surface area contributed by atoms with Crippen LogP contribution in [0.4, 0.5) is 0 Å². The number of amides is 2. The molecule has 2 amide bonds. The number of carboxylic acids is 2. The first-order valence-electron chi connectivity index (χ1n) is 4.43. The van der Waals surface area contributed by atoms with Crippen LogP contribution in [0, 0.1) is 0 Å². The van der Waals surface area contributed by atoms with Gasteiger partial charge >= 0.3 is 11.9 Å². The fourth-order valence-electron chi connectivity index (χ4n) is 1.34. The van der Waals surface area contributed by atoms with Crippen molar-refractivity contribution in [1.82, 2.24) is 4.90 Å². The molecule has 1 rings (SSSR count). The fourth-order valence-corrected chi connectivity index (χ4v) is 1.34. The summed E-state index contributed by atoms with van der Waals surface area (Å²) in [6.07, 6.45) is 1.19. The third-order valence-electron chi connectivity index (χ3n) is 2.07. The Hall–Kier alpha value is -2.18. The zero-order valence-corrected chi connectivity index (χ0v) is 8.12. The van der Waals surface area contributed by atoms with Gasteiger partial charge in [0.25, 0.3) is 11.8 Å². The number of imide groups is 1. The predicted octanol–water partition coefficient (Wildman–Crippen LogP) is -0.771. The summed E-state index contributed by atoms with van der Waals surface area (Å²) in [4.78, 5) is 44.0. The summed E-state index contributed by atoms with van der Waals surface area (Å²) in [5, 5.41) is 17.2. The highest BCUT2D eigenvalue weighted by molar-refractivity contribution is 6.14. The van der Waals surface area contributed by atoms with Gasteiger partial charge in [-0.05, 0) is 6.42 Å². The van der Waals surface area contributed by atoms with Crippen molar-refractivity contribution in [3.05, 3.63) is 12.2 Å². The second kappa shape index (κ2) is 4.56. The van der Waals surface area contributed by atoms with Gasteiger partial charge < -0.3 is 10.2 Å². The summed E-state index contributed by atoms with van der Waals surface area (Å²) < 4.78 is 0. The van der Waals surface area contributed by atoms with Crippen LogP contribution in [0.3, 0.4) is 0 Å². The van der Waals surface area contributed by atoms with E-state index in [1.807, 2.05) is 0 Å². The van der Waals surface area contributed by atoms with E-state index in [4.69, 9.17) is 10.2 Å². The summed E-state index contributed by atoms with van der Waals surface area (Å²) in [6, 6.07) is -1.42. The molecule has 86 valence electrons. The maximum atomic E-state index is 11.2. The van der Waals surface area contributed by atoms with Gasteiger partial charge in [-0.15, -0.1) is 0 Å². The number of hydrogen-bond donors (Lipinski definition) is 2. The molecule has 0 saturated heterocycles. The average Bonchev–Trinajstić information content (AvgIpc) is 2.48. The van der Waals surface area contributed by atoms with E-state index in [9.17, 15) is 19.2 Å². The van der Waals surface area contributed by atoms with Gasteiger partial charge in [0, 0.05) is 18.6 Å². The molecule has 1 aliphatic rings. The van der Waals surface area contributed by atoms with Crippen molar-refractivity contribution in [3.8, 4) is 0 Å². The van der Waals surface area contributed by atoms with Gasteiger partial charge in [-0.1, -0.05) is 0 Å². The first-order chi connectivity index (χ1) is 7.43. The number of hydrogen-bond acceptors (Lipinski definition) is 4. The molecule has 0 aliphatic carbocycles. The summed E-state index contributed by atoms with van der Waals surface area (Å²) in [5.41, 5.74) is 0. The lowest BCUT2D eigenvalue weighted by molar-refractivity contribution is -0.154. The Morgan fingerprint density at radius 3 is 2.06 bits per heavy atom. The number of aliphatic carboxylic acids is 2. The third kappa shape index (κ3) is 2.44. The molecular formula is C9H9NO6. The van der Waals surface area contributed by atoms with Gasteiger partial charge in [-0.25, -0.2) is 4.79 Å². The zero-order chi connectivity index (χ0) is 12.3. The lowest BCUT2D eigenvalue weighted by atomic mass is 10.1. The van der Waals surface area contributed by atoms with Gasteiger partial charge in [0.2, 0.25) is 0 Å².